The highest BCUT2D eigenvalue weighted by Crippen LogP contribution is 2.02. The number of hydrogen-bond acceptors (Lipinski definition) is 3. The van der Waals surface area contributed by atoms with Gasteiger partial charge in [-0.2, -0.15) is 5.10 Å². The summed E-state index contributed by atoms with van der Waals surface area (Å²) in [6.07, 6.45) is 1.87. The summed E-state index contributed by atoms with van der Waals surface area (Å²) in [5, 5.41) is 13.6. The maximum Gasteiger partial charge on any atom is 0.241 e. The SMILES string of the molecule is CCCNC(=O)CN=C(NCC)NCCCn1nc(C)cc1C.I. The lowest BCUT2D eigenvalue weighted by Crippen LogP contribution is -2.39. The molecule has 0 saturated carbocycles. The summed E-state index contributed by atoms with van der Waals surface area (Å²) in [5.74, 6) is 0.624. The first-order chi connectivity index (χ1) is 11.1. The quantitative estimate of drug-likeness (QED) is 0.231. The van der Waals surface area contributed by atoms with Crippen LogP contribution in [0.4, 0.5) is 0 Å². The Morgan fingerprint density at radius 3 is 2.54 bits per heavy atom. The van der Waals surface area contributed by atoms with Gasteiger partial charge in [0.05, 0.1) is 5.69 Å². The van der Waals surface area contributed by atoms with Crippen molar-refractivity contribution < 1.29 is 4.79 Å². The third-order valence-corrected chi connectivity index (χ3v) is 3.24. The molecule has 24 heavy (non-hydrogen) atoms. The second kappa shape index (κ2) is 13.0. The van der Waals surface area contributed by atoms with Crippen molar-refractivity contribution in [2.75, 3.05) is 26.2 Å². The molecule has 138 valence electrons. The Kier molecular flexibility index (Phi) is 12.3. The number of carbonyl (C=O) groups is 1. The smallest absolute Gasteiger partial charge is 0.241 e. The average molecular weight is 450 g/mol. The second-order valence-electron chi connectivity index (χ2n) is 5.48. The topological polar surface area (TPSA) is 83.3 Å². The van der Waals surface area contributed by atoms with Gasteiger partial charge in [-0.3, -0.25) is 9.48 Å². The fourth-order valence-electron chi connectivity index (χ4n) is 2.15. The molecule has 0 radical (unpaired) electrons. The zero-order chi connectivity index (χ0) is 17.1. The van der Waals surface area contributed by atoms with Crippen LogP contribution in [0.1, 0.15) is 38.1 Å². The van der Waals surface area contributed by atoms with E-state index in [0.717, 1.165) is 38.2 Å². The van der Waals surface area contributed by atoms with E-state index in [-0.39, 0.29) is 36.4 Å². The molecule has 1 aromatic rings. The minimum absolute atomic E-state index is 0. The highest BCUT2D eigenvalue weighted by atomic mass is 127. The molecule has 7 nitrogen and oxygen atoms in total. The van der Waals surface area contributed by atoms with E-state index in [4.69, 9.17) is 0 Å². The van der Waals surface area contributed by atoms with Crippen molar-refractivity contribution in [2.45, 2.75) is 47.1 Å². The summed E-state index contributed by atoms with van der Waals surface area (Å²) >= 11 is 0. The molecule has 0 aliphatic carbocycles. The highest BCUT2D eigenvalue weighted by molar-refractivity contribution is 14.0. The van der Waals surface area contributed by atoms with E-state index >= 15 is 0 Å². The minimum atomic E-state index is -0.0494. The first-order valence-electron chi connectivity index (χ1n) is 8.36. The Morgan fingerprint density at radius 2 is 1.96 bits per heavy atom. The van der Waals surface area contributed by atoms with Gasteiger partial charge >= 0.3 is 0 Å². The summed E-state index contributed by atoms with van der Waals surface area (Å²) in [4.78, 5) is 15.9. The van der Waals surface area contributed by atoms with Gasteiger partial charge in [0.25, 0.3) is 0 Å². The number of aryl methyl sites for hydroxylation is 3. The van der Waals surface area contributed by atoms with Crippen LogP contribution in [0, 0.1) is 13.8 Å². The summed E-state index contributed by atoms with van der Waals surface area (Å²) < 4.78 is 2.01. The lowest BCUT2D eigenvalue weighted by Gasteiger charge is -2.11. The fraction of sp³-hybridized carbons (Fsp3) is 0.688. The van der Waals surface area contributed by atoms with Gasteiger partial charge in [-0.1, -0.05) is 6.92 Å². The van der Waals surface area contributed by atoms with E-state index in [9.17, 15) is 4.79 Å². The monoisotopic (exact) mass is 450 g/mol. The minimum Gasteiger partial charge on any atom is -0.357 e. The predicted molar refractivity (Wildman–Crippen MR) is 109 cm³/mol. The van der Waals surface area contributed by atoms with E-state index < -0.39 is 0 Å². The Morgan fingerprint density at radius 1 is 1.21 bits per heavy atom. The molecule has 8 heteroatoms. The molecule has 1 aromatic heterocycles. The van der Waals surface area contributed by atoms with Crippen LogP contribution in [0.15, 0.2) is 11.1 Å². The van der Waals surface area contributed by atoms with Crippen LogP contribution < -0.4 is 16.0 Å². The summed E-state index contributed by atoms with van der Waals surface area (Å²) in [7, 11) is 0. The predicted octanol–water partition coefficient (Wildman–Crippen LogP) is 1.59. The largest absolute Gasteiger partial charge is 0.357 e. The van der Waals surface area contributed by atoms with Crippen LogP contribution in [-0.2, 0) is 11.3 Å². The van der Waals surface area contributed by atoms with Crippen molar-refractivity contribution in [3.05, 3.63) is 17.5 Å². The van der Waals surface area contributed by atoms with Gasteiger partial charge in [-0.05, 0) is 39.7 Å². The maximum absolute atomic E-state index is 11.6. The Balaban J connectivity index is 0.00000529. The highest BCUT2D eigenvalue weighted by Gasteiger charge is 2.03. The first-order valence-corrected chi connectivity index (χ1v) is 8.36. The number of amides is 1. The Bertz CT molecular complexity index is 515. The summed E-state index contributed by atoms with van der Waals surface area (Å²) in [6.45, 7) is 11.3. The second-order valence-corrected chi connectivity index (χ2v) is 5.48. The molecule has 0 aliphatic heterocycles. The molecular formula is C16H31IN6O. The molecule has 1 amide bonds. The molecule has 0 fully saturated rings. The van der Waals surface area contributed by atoms with Crippen molar-refractivity contribution in [3.8, 4) is 0 Å². The molecule has 0 spiro atoms. The number of hydrogen-bond donors (Lipinski definition) is 3. The van der Waals surface area contributed by atoms with Gasteiger partial charge in [0.1, 0.15) is 6.54 Å². The normalized spacial score (nSPS) is 10.9. The Labute approximate surface area is 162 Å². The van der Waals surface area contributed by atoms with Crippen molar-refractivity contribution in [3.63, 3.8) is 0 Å². The number of aromatic nitrogens is 2. The van der Waals surface area contributed by atoms with Crippen LogP contribution in [0.25, 0.3) is 0 Å². The number of guanidine groups is 1. The molecule has 0 saturated heterocycles. The van der Waals surface area contributed by atoms with Crippen molar-refractivity contribution in [1.82, 2.24) is 25.7 Å². The molecule has 0 bridgehead atoms. The zero-order valence-corrected chi connectivity index (χ0v) is 17.5. The summed E-state index contributed by atoms with van der Waals surface area (Å²) in [5.41, 5.74) is 2.22. The van der Waals surface area contributed by atoms with Crippen LogP contribution in [0.5, 0.6) is 0 Å². The maximum atomic E-state index is 11.6. The number of rotatable bonds is 9. The molecule has 0 atom stereocenters. The van der Waals surface area contributed by atoms with Gasteiger partial charge in [0, 0.05) is 31.9 Å². The first kappa shape index (κ1) is 22.7. The average Bonchev–Trinajstić information content (AvgIpc) is 2.84. The number of nitrogens with zero attached hydrogens (tertiary/aromatic N) is 3. The van der Waals surface area contributed by atoms with E-state index in [0.29, 0.717) is 12.5 Å². The molecule has 1 heterocycles. The number of halogens is 1. The van der Waals surface area contributed by atoms with E-state index in [1.54, 1.807) is 0 Å². The lowest BCUT2D eigenvalue weighted by molar-refractivity contribution is -0.119. The molecule has 0 aliphatic rings. The number of aliphatic imine (C=N–C) groups is 1. The van der Waals surface area contributed by atoms with Gasteiger partial charge < -0.3 is 16.0 Å². The van der Waals surface area contributed by atoms with Crippen LogP contribution >= 0.6 is 24.0 Å². The van der Waals surface area contributed by atoms with E-state index in [1.165, 1.54) is 5.69 Å². The van der Waals surface area contributed by atoms with Gasteiger partial charge in [-0.25, -0.2) is 4.99 Å². The lowest BCUT2D eigenvalue weighted by atomic mass is 10.4. The molecule has 1 rings (SSSR count). The van der Waals surface area contributed by atoms with Gasteiger partial charge in [-0.15, -0.1) is 24.0 Å². The Hall–Kier alpha value is -1.32. The zero-order valence-electron chi connectivity index (χ0n) is 15.2. The fourth-order valence-corrected chi connectivity index (χ4v) is 2.15. The summed E-state index contributed by atoms with van der Waals surface area (Å²) in [6, 6.07) is 2.08. The van der Waals surface area contributed by atoms with Gasteiger partial charge in [0.2, 0.25) is 5.91 Å². The van der Waals surface area contributed by atoms with Gasteiger partial charge in [0.15, 0.2) is 5.96 Å². The third kappa shape index (κ3) is 9.09. The molecular weight excluding hydrogens is 419 g/mol. The van der Waals surface area contributed by atoms with E-state index in [2.05, 4.69) is 39.0 Å². The van der Waals surface area contributed by atoms with E-state index in [1.807, 2.05) is 25.5 Å². The van der Waals surface area contributed by atoms with Crippen molar-refractivity contribution >= 4 is 35.8 Å². The van der Waals surface area contributed by atoms with Crippen LogP contribution in [-0.4, -0.2) is 47.8 Å². The third-order valence-electron chi connectivity index (χ3n) is 3.24. The van der Waals surface area contributed by atoms with Crippen molar-refractivity contribution in [2.24, 2.45) is 4.99 Å². The number of nitrogens with one attached hydrogen (secondary N) is 3. The molecule has 0 aromatic carbocycles. The van der Waals surface area contributed by atoms with Crippen molar-refractivity contribution in [1.29, 1.82) is 0 Å². The number of carbonyl (C=O) groups excluding carboxylic acids is 1. The van der Waals surface area contributed by atoms with Crippen LogP contribution in [0.3, 0.4) is 0 Å². The molecule has 0 unspecified atom stereocenters. The molecule has 3 N–H and O–H groups in total. The standard InChI is InChI=1S/C16H30N6O.HI/c1-5-8-18-15(23)12-20-16(17-6-2)19-9-7-10-22-14(4)11-13(3)21-22;/h11H,5-10,12H2,1-4H3,(H,18,23)(H2,17,19,20);1H. The van der Waals surface area contributed by atoms with Crippen LogP contribution in [0.2, 0.25) is 0 Å².